The Morgan fingerprint density at radius 1 is 1.33 bits per heavy atom. The zero-order valence-corrected chi connectivity index (χ0v) is 13.6. The largest absolute Gasteiger partial charge is 0.334 e. The van der Waals surface area contributed by atoms with Crippen molar-refractivity contribution in [2.24, 2.45) is 4.99 Å². The fourth-order valence-corrected chi connectivity index (χ4v) is 4.75. The van der Waals surface area contributed by atoms with Crippen molar-refractivity contribution in [3.05, 3.63) is 26.8 Å². The van der Waals surface area contributed by atoms with Gasteiger partial charge in [-0.25, -0.2) is 0 Å². The fraction of sp³-hybridized carbons (Fsp3) is 0.462. The summed E-state index contributed by atoms with van der Waals surface area (Å²) in [7, 11) is 0. The van der Waals surface area contributed by atoms with Crippen molar-refractivity contribution in [2.45, 2.75) is 31.2 Å². The van der Waals surface area contributed by atoms with Crippen LogP contribution in [-0.4, -0.2) is 16.5 Å². The van der Waals surface area contributed by atoms with Gasteiger partial charge in [0.15, 0.2) is 5.17 Å². The van der Waals surface area contributed by atoms with Gasteiger partial charge in [0.25, 0.3) is 0 Å². The average Bonchev–Trinajstić information content (AvgIpc) is 2.94. The number of amidine groups is 1. The molecule has 1 N–H and O–H groups in total. The van der Waals surface area contributed by atoms with E-state index >= 15 is 0 Å². The molecule has 0 unspecified atom stereocenters. The summed E-state index contributed by atoms with van der Waals surface area (Å²) in [6.45, 7) is 0. The molecule has 1 heterocycles. The van der Waals surface area contributed by atoms with Crippen LogP contribution in [-0.2, 0) is 0 Å². The molecule has 0 aromatic heterocycles. The lowest BCUT2D eigenvalue weighted by molar-refractivity contribution is 0.508. The average molecular weight is 393 g/mol. The smallest absolute Gasteiger partial charge is 0.161 e. The Morgan fingerprint density at radius 3 is 2.83 bits per heavy atom. The number of nitrogens with zero attached hydrogens (tertiary/aromatic N) is 1. The van der Waals surface area contributed by atoms with E-state index in [9.17, 15) is 0 Å². The molecule has 2 aliphatic rings. The first-order valence-electron chi connectivity index (χ1n) is 6.12. The maximum absolute atomic E-state index is 5.96. The summed E-state index contributed by atoms with van der Waals surface area (Å²) >= 11 is 10.1. The monoisotopic (exact) mass is 392 g/mol. The Balaban J connectivity index is 1.77. The van der Waals surface area contributed by atoms with Crippen molar-refractivity contribution in [1.29, 1.82) is 0 Å². The molecular weight excluding hydrogens is 379 g/mol. The second kappa shape index (κ2) is 5.21. The van der Waals surface area contributed by atoms with Crippen molar-refractivity contribution >= 4 is 56.8 Å². The van der Waals surface area contributed by atoms with Gasteiger partial charge in [-0.05, 0) is 53.6 Å². The van der Waals surface area contributed by atoms with Gasteiger partial charge in [-0.15, -0.1) is 0 Å². The number of hydrogen-bond donors (Lipinski definition) is 1. The quantitative estimate of drug-likeness (QED) is 0.696. The predicted molar refractivity (Wildman–Crippen MR) is 88.9 cm³/mol. The lowest BCUT2D eigenvalue weighted by Crippen LogP contribution is -2.21. The van der Waals surface area contributed by atoms with Crippen molar-refractivity contribution in [3.8, 4) is 0 Å². The number of rotatable bonds is 1. The zero-order valence-electron chi connectivity index (χ0n) is 9.88. The van der Waals surface area contributed by atoms with Gasteiger partial charge in [0.05, 0.1) is 11.2 Å². The maximum Gasteiger partial charge on any atom is 0.161 e. The van der Waals surface area contributed by atoms with Gasteiger partial charge in [-0.3, -0.25) is 4.99 Å². The molecule has 18 heavy (non-hydrogen) atoms. The molecule has 0 amide bonds. The highest BCUT2D eigenvalue weighted by Crippen LogP contribution is 2.41. The molecular formula is C13H14ClIN2S. The number of hydrogen-bond acceptors (Lipinski definition) is 3. The molecule has 0 saturated heterocycles. The molecule has 1 aliphatic heterocycles. The lowest BCUT2D eigenvalue weighted by Gasteiger charge is -2.16. The van der Waals surface area contributed by atoms with Crippen molar-refractivity contribution < 1.29 is 0 Å². The summed E-state index contributed by atoms with van der Waals surface area (Å²) in [5.41, 5.74) is 1.34. The van der Waals surface area contributed by atoms with Crippen LogP contribution >= 0.6 is 46.0 Å². The van der Waals surface area contributed by atoms with Crippen molar-refractivity contribution in [1.82, 2.24) is 0 Å². The minimum atomic E-state index is 0.241. The molecule has 3 rings (SSSR count). The van der Waals surface area contributed by atoms with Gasteiger partial charge >= 0.3 is 0 Å². The molecule has 1 fully saturated rings. The second-order valence-corrected chi connectivity index (χ2v) is 7.45. The summed E-state index contributed by atoms with van der Waals surface area (Å²) in [6.07, 6.45) is 5.16. The third kappa shape index (κ3) is 2.65. The number of nitrogens with one attached hydrogen (secondary N) is 1. The molecule has 1 aliphatic carbocycles. The standard InChI is InChI=1S/C13H14ClIN2S/c14-9-3-4-11(10(15)7-9)16-12-17-13(8-18-12)5-1-2-6-13/h3-4,7H,1-2,5-6,8H2,(H,16,17). The van der Waals surface area contributed by atoms with Crippen LogP contribution < -0.4 is 5.32 Å². The highest BCUT2D eigenvalue weighted by molar-refractivity contribution is 14.1. The number of halogens is 2. The molecule has 1 spiro atoms. The highest BCUT2D eigenvalue weighted by Gasteiger charge is 2.38. The normalized spacial score (nSPS) is 21.3. The molecule has 0 atom stereocenters. The van der Waals surface area contributed by atoms with E-state index in [2.05, 4.69) is 27.9 Å². The van der Waals surface area contributed by atoms with E-state index < -0.39 is 0 Å². The summed E-state index contributed by atoms with van der Waals surface area (Å²) in [5.74, 6) is 1.14. The van der Waals surface area contributed by atoms with Crippen LogP contribution in [0.5, 0.6) is 0 Å². The molecule has 96 valence electrons. The number of benzene rings is 1. The summed E-state index contributed by atoms with van der Waals surface area (Å²) in [4.78, 5) is 4.91. The lowest BCUT2D eigenvalue weighted by atomic mass is 10.0. The maximum atomic E-state index is 5.96. The van der Waals surface area contributed by atoms with Gasteiger partial charge < -0.3 is 5.32 Å². The molecule has 5 heteroatoms. The Kier molecular flexibility index (Phi) is 3.78. The van der Waals surface area contributed by atoms with Crippen LogP contribution in [0.25, 0.3) is 0 Å². The minimum Gasteiger partial charge on any atom is -0.334 e. The van der Waals surface area contributed by atoms with Gasteiger partial charge in [0.2, 0.25) is 0 Å². The predicted octanol–water partition coefficient (Wildman–Crippen LogP) is 4.77. The Labute approximate surface area is 130 Å². The Hall–Kier alpha value is 0.0600. The van der Waals surface area contributed by atoms with E-state index in [-0.39, 0.29) is 5.54 Å². The Morgan fingerprint density at radius 2 is 2.11 bits per heavy atom. The third-order valence-corrected chi connectivity index (χ3v) is 5.80. The van der Waals surface area contributed by atoms with Crippen LogP contribution in [0.2, 0.25) is 5.02 Å². The van der Waals surface area contributed by atoms with E-state index in [0.717, 1.165) is 25.2 Å². The highest BCUT2D eigenvalue weighted by atomic mass is 127. The first kappa shape index (κ1) is 13.1. The van der Waals surface area contributed by atoms with Gasteiger partial charge in [-0.1, -0.05) is 36.2 Å². The third-order valence-electron chi connectivity index (χ3n) is 3.52. The van der Waals surface area contributed by atoms with Crippen LogP contribution in [0, 0.1) is 3.57 Å². The van der Waals surface area contributed by atoms with Gasteiger partial charge in [0.1, 0.15) is 0 Å². The van der Waals surface area contributed by atoms with Crippen LogP contribution in [0.1, 0.15) is 25.7 Å². The van der Waals surface area contributed by atoms with E-state index in [4.69, 9.17) is 16.6 Å². The van der Waals surface area contributed by atoms with E-state index in [1.165, 1.54) is 25.7 Å². The minimum absolute atomic E-state index is 0.241. The summed E-state index contributed by atoms with van der Waals surface area (Å²) in [5, 5.41) is 5.28. The van der Waals surface area contributed by atoms with Crippen LogP contribution in [0.3, 0.4) is 0 Å². The van der Waals surface area contributed by atoms with Crippen LogP contribution in [0.15, 0.2) is 23.2 Å². The SMILES string of the molecule is Clc1ccc(NC2=NC3(CCCC3)CS2)c(I)c1. The molecule has 0 bridgehead atoms. The van der Waals surface area contributed by atoms with E-state index in [1.54, 1.807) is 0 Å². The van der Waals surface area contributed by atoms with Crippen LogP contribution in [0.4, 0.5) is 5.69 Å². The molecule has 1 aromatic carbocycles. The number of anilines is 1. The number of thioether (sulfide) groups is 1. The van der Waals surface area contributed by atoms with E-state index in [1.807, 2.05) is 30.0 Å². The first-order valence-corrected chi connectivity index (χ1v) is 8.56. The molecule has 0 radical (unpaired) electrons. The Bertz CT molecular complexity index is 498. The van der Waals surface area contributed by atoms with Crippen molar-refractivity contribution in [3.63, 3.8) is 0 Å². The molecule has 2 nitrogen and oxygen atoms in total. The zero-order chi connectivity index (χ0) is 12.6. The fourth-order valence-electron chi connectivity index (χ4n) is 2.54. The van der Waals surface area contributed by atoms with Crippen molar-refractivity contribution in [2.75, 3.05) is 11.1 Å². The second-order valence-electron chi connectivity index (χ2n) is 4.89. The number of aliphatic imine (C=N–C) groups is 1. The first-order chi connectivity index (χ1) is 8.67. The molecule has 1 saturated carbocycles. The van der Waals surface area contributed by atoms with E-state index in [0.29, 0.717) is 0 Å². The topological polar surface area (TPSA) is 24.4 Å². The summed E-state index contributed by atoms with van der Waals surface area (Å²) < 4.78 is 1.13. The van der Waals surface area contributed by atoms with Gasteiger partial charge in [-0.2, -0.15) is 0 Å². The molecule has 1 aromatic rings. The summed E-state index contributed by atoms with van der Waals surface area (Å²) in [6, 6.07) is 5.90. The van der Waals surface area contributed by atoms with Gasteiger partial charge in [0, 0.05) is 14.3 Å².